The predicted molar refractivity (Wildman–Crippen MR) is 150 cm³/mol. The molecule has 3 aromatic rings. The van der Waals surface area contributed by atoms with Crippen molar-refractivity contribution in [1.82, 2.24) is 4.98 Å². The molecule has 1 atom stereocenters. The van der Waals surface area contributed by atoms with Crippen LogP contribution in [0.2, 0.25) is 0 Å². The van der Waals surface area contributed by atoms with Crippen LogP contribution in [0.15, 0.2) is 54.7 Å². The van der Waals surface area contributed by atoms with Crippen LogP contribution in [0.25, 0.3) is 11.1 Å². The minimum Gasteiger partial charge on any atom is -0.483 e. The van der Waals surface area contributed by atoms with Crippen molar-refractivity contribution in [2.24, 2.45) is 0 Å². The SMILES string of the molecule is O=C(O)Nc1cc(OCC(F)(F)F)c(C(F)(F)F)cc1NC(=O)CC(=O)c1cccc(-c2ccnc(COC3CCCCO3)c2)c1. The van der Waals surface area contributed by atoms with E-state index in [1.54, 1.807) is 35.8 Å². The molecule has 0 aliphatic carbocycles. The molecule has 1 saturated heterocycles. The summed E-state index contributed by atoms with van der Waals surface area (Å²) in [7, 11) is 0. The second-order valence-electron chi connectivity index (χ2n) is 10.1. The lowest BCUT2D eigenvalue weighted by Crippen LogP contribution is -2.22. The summed E-state index contributed by atoms with van der Waals surface area (Å²) in [6.07, 6.45) is -8.90. The van der Waals surface area contributed by atoms with E-state index in [4.69, 9.17) is 14.6 Å². The molecule has 16 heteroatoms. The van der Waals surface area contributed by atoms with Gasteiger partial charge in [0.25, 0.3) is 0 Å². The highest BCUT2D eigenvalue weighted by Crippen LogP contribution is 2.42. The Balaban J connectivity index is 1.49. The molecule has 1 aliphatic heterocycles. The number of hydrogen-bond donors (Lipinski definition) is 3. The summed E-state index contributed by atoms with van der Waals surface area (Å²) in [5.74, 6) is -3.16. The van der Waals surface area contributed by atoms with Crippen molar-refractivity contribution in [2.45, 2.75) is 50.9 Å². The molecule has 0 spiro atoms. The number of nitrogens with zero attached hydrogens (tertiary/aromatic N) is 1. The molecule has 3 N–H and O–H groups in total. The number of ether oxygens (including phenoxy) is 3. The largest absolute Gasteiger partial charge is 0.483 e. The third kappa shape index (κ3) is 9.90. The van der Waals surface area contributed by atoms with Gasteiger partial charge in [-0.2, -0.15) is 26.3 Å². The third-order valence-electron chi connectivity index (χ3n) is 6.54. The van der Waals surface area contributed by atoms with E-state index in [1.165, 1.54) is 12.1 Å². The van der Waals surface area contributed by atoms with Crippen molar-refractivity contribution >= 4 is 29.2 Å². The van der Waals surface area contributed by atoms with Crippen LogP contribution >= 0.6 is 0 Å². The zero-order valence-corrected chi connectivity index (χ0v) is 23.8. The second kappa shape index (κ2) is 14.6. The van der Waals surface area contributed by atoms with Crippen LogP contribution < -0.4 is 15.4 Å². The van der Waals surface area contributed by atoms with Gasteiger partial charge in [0.15, 0.2) is 18.7 Å². The number of carbonyl (C=O) groups excluding carboxylic acids is 2. The van der Waals surface area contributed by atoms with E-state index in [-0.39, 0.29) is 24.5 Å². The molecule has 246 valence electrons. The first-order valence-corrected chi connectivity index (χ1v) is 13.7. The fourth-order valence-corrected chi connectivity index (χ4v) is 4.47. The van der Waals surface area contributed by atoms with Crippen LogP contribution in [-0.2, 0) is 27.1 Å². The second-order valence-corrected chi connectivity index (χ2v) is 10.1. The molecular weight excluding hydrogens is 628 g/mol. The van der Waals surface area contributed by atoms with Gasteiger partial charge in [-0.1, -0.05) is 18.2 Å². The van der Waals surface area contributed by atoms with Crippen LogP contribution in [0, 0.1) is 0 Å². The first-order chi connectivity index (χ1) is 21.7. The zero-order valence-electron chi connectivity index (χ0n) is 23.8. The smallest absolute Gasteiger partial charge is 0.422 e. The number of pyridine rings is 1. The van der Waals surface area contributed by atoms with Gasteiger partial charge in [0, 0.05) is 24.4 Å². The molecular formula is C30H27F6N3O7. The Labute approximate surface area is 257 Å². The van der Waals surface area contributed by atoms with E-state index in [0.717, 1.165) is 19.3 Å². The molecule has 10 nitrogen and oxygen atoms in total. The Morgan fingerprint density at radius 3 is 2.37 bits per heavy atom. The third-order valence-corrected chi connectivity index (χ3v) is 6.54. The summed E-state index contributed by atoms with van der Waals surface area (Å²) in [6, 6.07) is 10.3. The van der Waals surface area contributed by atoms with E-state index in [2.05, 4.69) is 9.72 Å². The monoisotopic (exact) mass is 655 g/mol. The Morgan fingerprint density at radius 2 is 1.70 bits per heavy atom. The fraction of sp³-hybridized carbons (Fsp3) is 0.333. The Bertz CT molecular complexity index is 1570. The molecule has 1 aliphatic rings. The molecule has 0 bridgehead atoms. The van der Waals surface area contributed by atoms with Crippen LogP contribution in [0.5, 0.6) is 5.75 Å². The lowest BCUT2D eigenvalue weighted by molar-refractivity contribution is -0.169. The number of amides is 2. The maximum atomic E-state index is 13.7. The number of nitrogens with one attached hydrogen (secondary N) is 2. The lowest BCUT2D eigenvalue weighted by atomic mass is 10.00. The number of carboxylic acid groups (broad SMARTS) is 1. The van der Waals surface area contributed by atoms with E-state index < -0.39 is 65.9 Å². The minimum absolute atomic E-state index is 0.0913. The topological polar surface area (TPSA) is 136 Å². The van der Waals surface area contributed by atoms with Crippen molar-refractivity contribution in [3.63, 3.8) is 0 Å². The molecule has 1 fully saturated rings. The summed E-state index contributed by atoms with van der Waals surface area (Å²) in [5.41, 5.74) is -1.19. The van der Waals surface area contributed by atoms with E-state index in [0.29, 0.717) is 29.5 Å². The zero-order chi connectivity index (χ0) is 33.5. The van der Waals surface area contributed by atoms with Gasteiger partial charge >= 0.3 is 18.4 Å². The maximum absolute atomic E-state index is 13.7. The number of benzene rings is 2. The van der Waals surface area contributed by atoms with Crippen molar-refractivity contribution < 1.29 is 60.0 Å². The molecule has 2 amide bonds. The van der Waals surface area contributed by atoms with Gasteiger partial charge in [-0.3, -0.25) is 19.9 Å². The highest BCUT2D eigenvalue weighted by atomic mass is 19.4. The van der Waals surface area contributed by atoms with Crippen LogP contribution in [-0.4, -0.2) is 53.6 Å². The van der Waals surface area contributed by atoms with E-state index >= 15 is 0 Å². The van der Waals surface area contributed by atoms with Crippen molar-refractivity contribution in [2.75, 3.05) is 23.8 Å². The summed E-state index contributed by atoms with van der Waals surface area (Å²) in [6.45, 7) is -1.27. The quantitative estimate of drug-likeness (QED) is 0.114. The van der Waals surface area contributed by atoms with Crippen molar-refractivity contribution in [3.8, 4) is 16.9 Å². The molecule has 4 rings (SSSR count). The fourth-order valence-electron chi connectivity index (χ4n) is 4.47. The number of rotatable bonds is 11. The first-order valence-electron chi connectivity index (χ1n) is 13.7. The lowest BCUT2D eigenvalue weighted by Gasteiger charge is -2.22. The Kier molecular flexibility index (Phi) is 10.8. The molecule has 1 unspecified atom stereocenters. The van der Waals surface area contributed by atoms with E-state index in [1.807, 2.05) is 5.32 Å². The molecule has 46 heavy (non-hydrogen) atoms. The normalized spacial score (nSPS) is 15.2. The van der Waals surface area contributed by atoms with Crippen molar-refractivity contribution in [3.05, 3.63) is 71.5 Å². The van der Waals surface area contributed by atoms with E-state index in [9.17, 15) is 40.7 Å². The first kappa shape index (κ1) is 34.2. The number of Topliss-reactive ketones (excluding diaryl/α,β-unsaturated/α-hetero) is 1. The van der Waals surface area contributed by atoms with Crippen LogP contribution in [0.1, 0.15) is 47.3 Å². The highest BCUT2D eigenvalue weighted by Gasteiger charge is 2.37. The molecule has 0 radical (unpaired) electrons. The van der Waals surface area contributed by atoms with Gasteiger partial charge in [-0.05, 0) is 54.7 Å². The standard InChI is InChI=1S/C30H27F6N3O7/c31-29(32,33)16-46-25-13-23(39-28(42)43)22(12-21(25)30(34,35)36)38-26(41)14-24(40)19-5-3-4-17(10-19)18-7-8-37-20(11-18)15-45-27-6-1-2-9-44-27/h3-5,7-8,10-13,27,39H,1-2,6,9,14-16H2,(H,38,41)(H,42,43). The number of carbonyl (C=O) groups is 3. The summed E-state index contributed by atoms with van der Waals surface area (Å²) in [4.78, 5) is 41.2. The van der Waals surface area contributed by atoms with Gasteiger partial charge in [0.1, 0.15) is 5.75 Å². The summed E-state index contributed by atoms with van der Waals surface area (Å²) >= 11 is 0. The Morgan fingerprint density at radius 1 is 0.957 bits per heavy atom. The number of halogens is 6. The summed E-state index contributed by atoms with van der Waals surface area (Å²) in [5, 5.41) is 12.8. The van der Waals surface area contributed by atoms with Gasteiger partial charge < -0.3 is 24.6 Å². The molecule has 1 aromatic heterocycles. The highest BCUT2D eigenvalue weighted by molar-refractivity contribution is 6.12. The number of ketones is 1. The minimum atomic E-state index is -5.25. The van der Waals surface area contributed by atoms with Crippen LogP contribution in [0.4, 0.5) is 42.5 Å². The molecule has 0 saturated carbocycles. The van der Waals surface area contributed by atoms with Gasteiger partial charge in [-0.25, -0.2) is 4.79 Å². The predicted octanol–water partition coefficient (Wildman–Crippen LogP) is 7.05. The number of alkyl halides is 6. The average Bonchev–Trinajstić information content (AvgIpc) is 2.99. The average molecular weight is 656 g/mol. The van der Waals surface area contributed by atoms with Gasteiger partial charge in [0.05, 0.1) is 35.7 Å². The van der Waals surface area contributed by atoms with Crippen molar-refractivity contribution in [1.29, 1.82) is 0 Å². The summed E-state index contributed by atoms with van der Waals surface area (Å²) < 4.78 is 94.4. The van der Waals surface area contributed by atoms with Crippen LogP contribution in [0.3, 0.4) is 0 Å². The Hall–Kier alpha value is -4.70. The number of anilines is 2. The van der Waals surface area contributed by atoms with Gasteiger partial charge in [-0.15, -0.1) is 0 Å². The molecule has 2 aromatic carbocycles. The number of hydrogen-bond acceptors (Lipinski definition) is 7. The van der Waals surface area contributed by atoms with Gasteiger partial charge in [0.2, 0.25) is 5.91 Å². The maximum Gasteiger partial charge on any atom is 0.422 e. The molecule has 2 heterocycles. The number of aromatic nitrogens is 1.